The van der Waals surface area contributed by atoms with Gasteiger partial charge in [0.05, 0.1) is 12.5 Å². The number of rotatable bonds is 6. The summed E-state index contributed by atoms with van der Waals surface area (Å²) in [6.07, 6.45) is 5.72. The topological polar surface area (TPSA) is 61.8 Å². The Bertz CT molecular complexity index is 641. The Balaban J connectivity index is 2.68. The van der Waals surface area contributed by atoms with E-state index in [9.17, 15) is 9.59 Å². The molecule has 0 aromatic carbocycles. The van der Waals surface area contributed by atoms with Gasteiger partial charge in [0.15, 0.2) is 12.1 Å². The summed E-state index contributed by atoms with van der Waals surface area (Å²) in [5.41, 5.74) is 0.749. The van der Waals surface area contributed by atoms with Crippen molar-refractivity contribution in [1.82, 2.24) is 0 Å². The Morgan fingerprint density at radius 3 is 2.44 bits per heavy atom. The first-order chi connectivity index (χ1) is 12.7. The zero-order valence-electron chi connectivity index (χ0n) is 17.8. The van der Waals surface area contributed by atoms with Crippen LogP contribution in [-0.4, -0.2) is 39.4 Å². The van der Waals surface area contributed by atoms with Crippen LogP contribution in [0.1, 0.15) is 53.4 Å². The first kappa shape index (κ1) is 21.8. The van der Waals surface area contributed by atoms with E-state index in [1.165, 1.54) is 26.9 Å². The molecule has 0 amide bonds. The molecule has 0 aliphatic heterocycles. The minimum atomic E-state index is -0.893. The first-order valence-corrected chi connectivity index (χ1v) is 9.69. The van der Waals surface area contributed by atoms with Gasteiger partial charge in [-0.25, -0.2) is 0 Å². The van der Waals surface area contributed by atoms with E-state index >= 15 is 0 Å². The number of carbonyl (C=O) groups is 2. The SMILES string of the molecule is COC(=O)[C@@]12CC[C@@H](C)[C@](C)(CC=C(C)C)[C@H]1CC(=O)C=C2C(OC)OC. The molecule has 0 aromatic heterocycles. The maximum atomic E-state index is 13.2. The fraction of sp³-hybridized carbons (Fsp3) is 0.727. The van der Waals surface area contributed by atoms with Gasteiger partial charge in [0.1, 0.15) is 0 Å². The summed E-state index contributed by atoms with van der Waals surface area (Å²) < 4.78 is 16.3. The molecule has 1 saturated carbocycles. The van der Waals surface area contributed by atoms with E-state index in [1.807, 2.05) is 0 Å². The lowest BCUT2D eigenvalue weighted by Crippen LogP contribution is -2.58. The average molecular weight is 379 g/mol. The Kier molecular flexibility index (Phi) is 6.69. The molecule has 5 heteroatoms. The number of fused-ring (bicyclic) bond motifs is 1. The van der Waals surface area contributed by atoms with Gasteiger partial charge in [-0.2, -0.15) is 0 Å². The van der Waals surface area contributed by atoms with Crippen molar-refractivity contribution in [1.29, 1.82) is 0 Å². The lowest BCUT2D eigenvalue weighted by molar-refractivity contribution is -0.174. The van der Waals surface area contributed by atoms with Crippen LogP contribution in [0.2, 0.25) is 0 Å². The molecule has 0 bridgehead atoms. The summed E-state index contributed by atoms with van der Waals surface area (Å²) in [6.45, 7) is 8.59. The minimum Gasteiger partial charge on any atom is -0.468 e. The lowest BCUT2D eigenvalue weighted by atomic mass is 9.46. The Morgan fingerprint density at radius 1 is 1.30 bits per heavy atom. The van der Waals surface area contributed by atoms with Gasteiger partial charge in [0.25, 0.3) is 0 Å². The van der Waals surface area contributed by atoms with Crippen molar-refractivity contribution >= 4 is 11.8 Å². The minimum absolute atomic E-state index is 0.0196. The largest absolute Gasteiger partial charge is 0.468 e. The van der Waals surface area contributed by atoms with Crippen LogP contribution in [0.4, 0.5) is 0 Å². The Hall–Kier alpha value is -1.46. The standard InChI is InChI=1S/C22H34O5/c1-14(2)8-10-21(4)15(3)9-11-22(20(24)27-7)17(19(25-5)26-6)12-16(23)13-18(21)22/h8,12,15,18-19H,9-11,13H2,1-7H3/t15-,18-,21+,22-/m1/s1. The number of ether oxygens (including phenoxy) is 3. The van der Waals surface area contributed by atoms with E-state index in [-0.39, 0.29) is 23.1 Å². The van der Waals surface area contributed by atoms with Gasteiger partial charge in [-0.05, 0) is 56.4 Å². The van der Waals surface area contributed by atoms with Crippen LogP contribution >= 0.6 is 0 Å². The van der Waals surface area contributed by atoms with Crippen LogP contribution in [0.3, 0.4) is 0 Å². The molecule has 0 unspecified atom stereocenters. The highest BCUT2D eigenvalue weighted by Gasteiger charge is 2.63. The lowest BCUT2D eigenvalue weighted by Gasteiger charge is -2.57. The molecule has 1 fully saturated rings. The maximum Gasteiger partial charge on any atom is 0.316 e. The van der Waals surface area contributed by atoms with Gasteiger partial charge in [-0.15, -0.1) is 0 Å². The molecule has 0 radical (unpaired) electrons. The second-order valence-electron chi connectivity index (χ2n) is 8.52. The third-order valence-corrected chi connectivity index (χ3v) is 6.91. The van der Waals surface area contributed by atoms with Crippen LogP contribution in [0, 0.1) is 22.7 Å². The molecule has 27 heavy (non-hydrogen) atoms. The van der Waals surface area contributed by atoms with Crippen LogP contribution in [-0.2, 0) is 23.8 Å². The van der Waals surface area contributed by atoms with Gasteiger partial charge < -0.3 is 14.2 Å². The molecule has 2 aliphatic rings. The molecule has 0 spiro atoms. The van der Waals surface area contributed by atoms with E-state index < -0.39 is 11.7 Å². The maximum absolute atomic E-state index is 13.2. The second-order valence-corrected chi connectivity index (χ2v) is 8.52. The molecule has 2 rings (SSSR count). The Labute approximate surface area is 163 Å². The van der Waals surface area contributed by atoms with E-state index in [0.29, 0.717) is 24.3 Å². The smallest absolute Gasteiger partial charge is 0.316 e. The van der Waals surface area contributed by atoms with Crippen molar-refractivity contribution in [3.05, 3.63) is 23.3 Å². The van der Waals surface area contributed by atoms with Gasteiger partial charge in [0.2, 0.25) is 0 Å². The van der Waals surface area contributed by atoms with Crippen molar-refractivity contribution in [2.45, 2.75) is 59.7 Å². The zero-order valence-corrected chi connectivity index (χ0v) is 17.8. The summed E-state index contributed by atoms with van der Waals surface area (Å²) in [5.74, 6) is -0.0458. The van der Waals surface area contributed by atoms with Gasteiger partial charge in [-0.3, -0.25) is 9.59 Å². The molecule has 5 nitrogen and oxygen atoms in total. The number of methoxy groups -OCH3 is 3. The van der Waals surface area contributed by atoms with Crippen LogP contribution in [0.15, 0.2) is 23.3 Å². The van der Waals surface area contributed by atoms with Crippen molar-refractivity contribution in [2.24, 2.45) is 22.7 Å². The molecule has 152 valence electrons. The van der Waals surface area contributed by atoms with E-state index in [1.54, 1.807) is 6.08 Å². The molecule has 0 saturated heterocycles. The second kappa shape index (κ2) is 8.27. The first-order valence-electron chi connectivity index (χ1n) is 9.69. The quantitative estimate of drug-likeness (QED) is 0.396. The van der Waals surface area contributed by atoms with Crippen LogP contribution < -0.4 is 0 Å². The summed E-state index contributed by atoms with van der Waals surface area (Å²) >= 11 is 0. The van der Waals surface area contributed by atoms with Crippen LogP contribution in [0.25, 0.3) is 0 Å². The summed E-state index contributed by atoms with van der Waals surface area (Å²) in [6, 6.07) is 0. The van der Waals surface area contributed by atoms with E-state index in [4.69, 9.17) is 14.2 Å². The predicted molar refractivity (Wildman–Crippen MR) is 104 cm³/mol. The molecular weight excluding hydrogens is 344 g/mol. The van der Waals surface area contributed by atoms with Gasteiger partial charge in [0, 0.05) is 26.2 Å². The van der Waals surface area contributed by atoms with Crippen molar-refractivity contribution in [3.8, 4) is 0 Å². The normalized spacial score (nSPS) is 33.3. The molecule has 0 aromatic rings. The third-order valence-electron chi connectivity index (χ3n) is 6.91. The van der Waals surface area contributed by atoms with Crippen molar-refractivity contribution in [3.63, 3.8) is 0 Å². The average Bonchev–Trinajstić information content (AvgIpc) is 2.64. The third kappa shape index (κ3) is 3.64. The number of carbonyl (C=O) groups excluding carboxylic acids is 2. The van der Waals surface area contributed by atoms with Crippen LogP contribution in [0.5, 0.6) is 0 Å². The number of ketones is 1. The number of esters is 1. The molecular formula is C22H34O5. The molecule has 0 N–H and O–H groups in total. The predicted octanol–water partition coefficient (Wildman–Crippen LogP) is 4.07. The molecule has 4 atom stereocenters. The highest BCUT2D eigenvalue weighted by Crippen LogP contribution is 2.62. The highest BCUT2D eigenvalue weighted by atomic mass is 16.7. The van der Waals surface area contributed by atoms with E-state index in [2.05, 4.69) is 33.8 Å². The van der Waals surface area contributed by atoms with Crippen molar-refractivity contribution in [2.75, 3.05) is 21.3 Å². The zero-order chi connectivity index (χ0) is 20.4. The number of hydrogen-bond acceptors (Lipinski definition) is 5. The van der Waals surface area contributed by atoms with Gasteiger partial charge >= 0.3 is 5.97 Å². The summed E-state index contributed by atoms with van der Waals surface area (Å²) in [7, 11) is 4.48. The summed E-state index contributed by atoms with van der Waals surface area (Å²) in [4.78, 5) is 25.9. The number of hydrogen-bond donors (Lipinski definition) is 0. The monoisotopic (exact) mass is 378 g/mol. The molecule has 2 aliphatic carbocycles. The summed E-state index contributed by atoms with van der Waals surface area (Å²) in [5, 5.41) is 0. The Morgan fingerprint density at radius 2 is 1.93 bits per heavy atom. The van der Waals surface area contributed by atoms with Crippen molar-refractivity contribution < 1.29 is 23.8 Å². The highest BCUT2D eigenvalue weighted by molar-refractivity contribution is 5.96. The van der Waals surface area contributed by atoms with Gasteiger partial charge in [-0.1, -0.05) is 25.5 Å². The number of allylic oxidation sites excluding steroid dienone is 3. The molecule has 0 heterocycles. The van der Waals surface area contributed by atoms with E-state index in [0.717, 1.165) is 12.8 Å². The fourth-order valence-corrected chi connectivity index (χ4v) is 5.11. The fourth-order valence-electron chi connectivity index (χ4n) is 5.11.